The zero-order chi connectivity index (χ0) is 14.9. The maximum absolute atomic E-state index is 13.1. The van der Waals surface area contributed by atoms with Gasteiger partial charge in [-0.25, -0.2) is 9.48 Å². The van der Waals surface area contributed by atoms with Gasteiger partial charge in [-0.15, -0.1) is 5.10 Å². The second-order valence-electron chi connectivity index (χ2n) is 3.66. The molecular formula is C11H7ClF3N3O2. The summed E-state index contributed by atoms with van der Waals surface area (Å²) in [6.07, 6.45) is -4.81. The summed E-state index contributed by atoms with van der Waals surface area (Å²) in [5, 5.41) is 6.95. The molecule has 0 unspecified atom stereocenters. The fraction of sp³-hybridized carbons (Fsp3) is 0.182. The van der Waals surface area contributed by atoms with Crippen molar-refractivity contribution in [2.24, 2.45) is 0 Å². The summed E-state index contributed by atoms with van der Waals surface area (Å²) in [5.74, 6) is -1.21. The van der Waals surface area contributed by atoms with Crippen molar-refractivity contribution in [3.8, 4) is 5.69 Å². The predicted molar refractivity (Wildman–Crippen MR) is 62.7 cm³/mol. The van der Waals surface area contributed by atoms with E-state index in [4.69, 9.17) is 11.6 Å². The second-order valence-corrected chi connectivity index (χ2v) is 4.10. The molecule has 0 N–H and O–H groups in total. The van der Waals surface area contributed by atoms with E-state index in [0.29, 0.717) is 9.70 Å². The molecule has 0 aliphatic heterocycles. The third-order valence-electron chi connectivity index (χ3n) is 2.39. The van der Waals surface area contributed by atoms with Crippen LogP contribution < -0.4 is 0 Å². The van der Waals surface area contributed by atoms with Crippen molar-refractivity contribution in [2.75, 3.05) is 7.11 Å². The quantitative estimate of drug-likeness (QED) is 0.801. The van der Waals surface area contributed by atoms with E-state index in [1.54, 1.807) is 0 Å². The maximum atomic E-state index is 13.1. The first-order valence-electron chi connectivity index (χ1n) is 5.21. The molecule has 0 spiro atoms. The molecule has 0 aliphatic carbocycles. The Morgan fingerprint density at radius 2 is 1.90 bits per heavy atom. The minimum Gasteiger partial charge on any atom is -0.464 e. The Balaban J connectivity index is 2.62. The molecule has 0 fully saturated rings. The lowest BCUT2D eigenvalue weighted by Crippen LogP contribution is -2.18. The molecule has 0 saturated carbocycles. The number of hydrogen-bond donors (Lipinski definition) is 0. The number of carbonyl (C=O) groups is 1. The largest absolute Gasteiger partial charge is 0.464 e. The SMILES string of the molecule is COC(=O)c1nnn(-c2ccc(Cl)cc2)c1C(F)(F)F. The molecule has 0 amide bonds. The third kappa shape index (κ3) is 2.60. The van der Waals surface area contributed by atoms with Crippen LogP contribution in [0.5, 0.6) is 0 Å². The van der Waals surface area contributed by atoms with Crippen molar-refractivity contribution in [3.05, 3.63) is 40.7 Å². The van der Waals surface area contributed by atoms with E-state index in [0.717, 1.165) is 7.11 Å². The number of hydrogen-bond acceptors (Lipinski definition) is 4. The van der Waals surface area contributed by atoms with Crippen molar-refractivity contribution < 1.29 is 22.7 Å². The molecule has 1 aromatic carbocycles. The molecular weight excluding hydrogens is 299 g/mol. The van der Waals surface area contributed by atoms with Crippen LogP contribution in [0.15, 0.2) is 24.3 Å². The topological polar surface area (TPSA) is 57.0 Å². The molecule has 20 heavy (non-hydrogen) atoms. The molecule has 106 valence electrons. The summed E-state index contributed by atoms with van der Waals surface area (Å²) in [6.45, 7) is 0. The number of halogens is 4. The average Bonchev–Trinajstić information content (AvgIpc) is 2.83. The number of aromatic nitrogens is 3. The van der Waals surface area contributed by atoms with Gasteiger partial charge in [-0.1, -0.05) is 16.8 Å². The van der Waals surface area contributed by atoms with Crippen molar-refractivity contribution in [3.63, 3.8) is 0 Å². The highest BCUT2D eigenvalue weighted by molar-refractivity contribution is 6.30. The van der Waals surface area contributed by atoms with E-state index >= 15 is 0 Å². The molecule has 9 heteroatoms. The lowest BCUT2D eigenvalue weighted by molar-refractivity contribution is -0.143. The summed E-state index contributed by atoms with van der Waals surface area (Å²) < 4.78 is 44.0. The predicted octanol–water partition coefficient (Wildman–Crippen LogP) is 2.73. The average molecular weight is 306 g/mol. The number of nitrogens with zero attached hydrogens (tertiary/aromatic N) is 3. The van der Waals surface area contributed by atoms with Gasteiger partial charge in [0.15, 0.2) is 5.69 Å². The van der Waals surface area contributed by atoms with E-state index in [2.05, 4.69) is 15.0 Å². The Hall–Kier alpha value is -2.09. The smallest absolute Gasteiger partial charge is 0.436 e. The van der Waals surface area contributed by atoms with Gasteiger partial charge in [0.2, 0.25) is 5.69 Å². The lowest BCUT2D eigenvalue weighted by Gasteiger charge is -2.10. The van der Waals surface area contributed by atoms with Crippen LogP contribution in [0.25, 0.3) is 5.69 Å². The Kier molecular flexibility index (Phi) is 3.67. The molecule has 2 aromatic rings. The van der Waals surface area contributed by atoms with E-state index in [9.17, 15) is 18.0 Å². The highest BCUT2D eigenvalue weighted by Gasteiger charge is 2.42. The number of methoxy groups -OCH3 is 1. The van der Waals surface area contributed by atoms with Gasteiger partial charge in [-0.3, -0.25) is 0 Å². The van der Waals surface area contributed by atoms with Gasteiger partial charge in [0.05, 0.1) is 12.8 Å². The van der Waals surface area contributed by atoms with Crippen molar-refractivity contribution in [2.45, 2.75) is 6.18 Å². The van der Waals surface area contributed by atoms with Crippen LogP contribution in [-0.4, -0.2) is 28.1 Å². The van der Waals surface area contributed by atoms with Crippen LogP contribution >= 0.6 is 11.6 Å². The minimum absolute atomic E-state index is 0.0735. The number of ether oxygens (including phenoxy) is 1. The summed E-state index contributed by atoms with van der Waals surface area (Å²) in [6, 6.07) is 5.45. The fourth-order valence-electron chi connectivity index (χ4n) is 1.53. The number of carbonyl (C=O) groups excluding carboxylic acids is 1. The van der Waals surface area contributed by atoms with E-state index in [1.807, 2.05) is 0 Å². The summed E-state index contributed by atoms with van der Waals surface area (Å²) in [5.41, 5.74) is -2.12. The number of alkyl halides is 3. The van der Waals surface area contributed by atoms with Crippen molar-refractivity contribution in [1.29, 1.82) is 0 Å². The first-order valence-corrected chi connectivity index (χ1v) is 5.59. The van der Waals surface area contributed by atoms with Crippen molar-refractivity contribution in [1.82, 2.24) is 15.0 Å². The zero-order valence-electron chi connectivity index (χ0n) is 9.98. The van der Waals surface area contributed by atoms with E-state index < -0.39 is 23.5 Å². The van der Waals surface area contributed by atoms with Crippen LogP contribution in [0.2, 0.25) is 5.02 Å². The molecule has 0 saturated heterocycles. The molecule has 0 radical (unpaired) electrons. The molecule has 1 heterocycles. The highest BCUT2D eigenvalue weighted by atomic mass is 35.5. The van der Waals surface area contributed by atoms with Crippen LogP contribution in [0.1, 0.15) is 16.2 Å². The molecule has 2 rings (SSSR count). The van der Waals surface area contributed by atoms with Crippen LogP contribution in [-0.2, 0) is 10.9 Å². The number of rotatable bonds is 2. The van der Waals surface area contributed by atoms with Crippen molar-refractivity contribution >= 4 is 17.6 Å². The molecule has 0 aliphatic rings. The van der Waals surface area contributed by atoms with E-state index in [1.165, 1.54) is 24.3 Å². The lowest BCUT2D eigenvalue weighted by atomic mass is 10.2. The van der Waals surface area contributed by atoms with Gasteiger partial charge in [0, 0.05) is 5.02 Å². The summed E-state index contributed by atoms with van der Waals surface area (Å²) >= 11 is 5.67. The maximum Gasteiger partial charge on any atom is 0.436 e. The van der Waals surface area contributed by atoms with Crippen LogP contribution in [0.4, 0.5) is 13.2 Å². The second kappa shape index (κ2) is 5.12. The van der Waals surface area contributed by atoms with E-state index in [-0.39, 0.29) is 5.69 Å². The Morgan fingerprint density at radius 1 is 1.30 bits per heavy atom. The van der Waals surface area contributed by atoms with Crippen LogP contribution in [0, 0.1) is 0 Å². The summed E-state index contributed by atoms with van der Waals surface area (Å²) in [4.78, 5) is 11.3. The van der Waals surface area contributed by atoms with Gasteiger partial charge in [0.25, 0.3) is 0 Å². The fourth-order valence-corrected chi connectivity index (χ4v) is 1.66. The molecule has 0 bridgehead atoms. The first kappa shape index (κ1) is 14.3. The van der Waals surface area contributed by atoms with Crippen LogP contribution in [0.3, 0.4) is 0 Å². The van der Waals surface area contributed by atoms with Gasteiger partial charge >= 0.3 is 12.1 Å². The number of benzene rings is 1. The van der Waals surface area contributed by atoms with Gasteiger partial charge < -0.3 is 4.74 Å². The van der Waals surface area contributed by atoms with Gasteiger partial charge in [-0.2, -0.15) is 13.2 Å². The minimum atomic E-state index is -4.81. The monoisotopic (exact) mass is 305 g/mol. The van der Waals surface area contributed by atoms with Gasteiger partial charge in [0.1, 0.15) is 0 Å². The zero-order valence-corrected chi connectivity index (χ0v) is 10.7. The normalized spacial score (nSPS) is 11.4. The highest BCUT2D eigenvalue weighted by Crippen LogP contribution is 2.33. The third-order valence-corrected chi connectivity index (χ3v) is 2.64. The Bertz CT molecular complexity index is 637. The standard InChI is InChI=1S/C11H7ClF3N3O2/c1-20-10(19)8-9(11(13,14)15)18(17-16-8)7-4-2-6(12)3-5-7/h2-5H,1H3. The molecule has 0 atom stereocenters. The summed E-state index contributed by atoms with van der Waals surface area (Å²) in [7, 11) is 0.962. The number of esters is 1. The Morgan fingerprint density at radius 3 is 2.40 bits per heavy atom. The van der Waals surface area contributed by atoms with Gasteiger partial charge in [-0.05, 0) is 24.3 Å². The first-order chi connectivity index (χ1) is 9.34. The molecule has 5 nitrogen and oxygen atoms in total. The Labute approximate surface area is 115 Å². The molecule has 1 aromatic heterocycles.